The van der Waals surface area contributed by atoms with E-state index in [0.717, 1.165) is 51.9 Å². The molecule has 1 aliphatic carbocycles. The Morgan fingerprint density at radius 3 is 2.50 bits per heavy atom. The Morgan fingerprint density at radius 2 is 2.00 bits per heavy atom. The van der Waals surface area contributed by atoms with Gasteiger partial charge in [-0.1, -0.05) is 6.92 Å². The molecule has 1 saturated heterocycles. The molecule has 2 N–H and O–H groups in total. The summed E-state index contributed by atoms with van der Waals surface area (Å²) < 4.78 is 5.75. The van der Waals surface area contributed by atoms with Crippen molar-refractivity contribution in [2.75, 3.05) is 26.2 Å². The van der Waals surface area contributed by atoms with E-state index in [2.05, 4.69) is 4.90 Å². The van der Waals surface area contributed by atoms with Crippen LogP contribution >= 0.6 is 0 Å². The molecule has 4 nitrogen and oxygen atoms in total. The maximum Gasteiger partial charge on any atom is 0.0681 e. The normalized spacial score (nSPS) is 33.3. The lowest BCUT2D eigenvalue weighted by Gasteiger charge is -2.56. The fourth-order valence-electron chi connectivity index (χ4n) is 3.40. The Bertz CT molecular complexity index is 262. The van der Waals surface area contributed by atoms with E-state index in [0.29, 0.717) is 0 Å². The van der Waals surface area contributed by atoms with Crippen LogP contribution in [0.3, 0.4) is 0 Å². The summed E-state index contributed by atoms with van der Waals surface area (Å²) in [6.45, 7) is 7.47. The first kappa shape index (κ1) is 14.3. The van der Waals surface area contributed by atoms with Gasteiger partial charge in [-0.05, 0) is 39.3 Å². The lowest BCUT2D eigenvalue weighted by Crippen LogP contribution is -2.62. The zero-order valence-corrected chi connectivity index (χ0v) is 11.6. The Kier molecular flexibility index (Phi) is 4.64. The van der Waals surface area contributed by atoms with Gasteiger partial charge in [0.05, 0.1) is 18.3 Å². The summed E-state index contributed by atoms with van der Waals surface area (Å²) in [4.78, 5) is 2.31. The standard InChI is InChI=1S/C14H27NO3/c1-3-11(16)10-15-7-5-14(6-8-15)12(17)9-13(14)18-4-2/h11-13,16-17H,3-10H2,1-2H3/t11-,12+,13-/m0/s1. The lowest BCUT2D eigenvalue weighted by atomic mass is 9.58. The molecular formula is C14H27NO3. The highest BCUT2D eigenvalue weighted by Gasteiger charge is 2.55. The average molecular weight is 257 g/mol. The summed E-state index contributed by atoms with van der Waals surface area (Å²) in [6.07, 6.45) is 3.44. The van der Waals surface area contributed by atoms with Crippen molar-refractivity contribution in [1.82, 2.24) is 4.90 Å². The van der Waals surface area contributed by atoms with Gasteiger partial charge in [-0.2, -0.15) is 0 Å². The number of rotatable bonds is 5. The van der Waals surface area contributed by atoms with Gasteiger partial charge in [0.15, 0.2) is 0 Å². The molecule has 4 heteroatoms. The molecule has 1 heterocycles. The average Bonchev–Trinajstić information content (AvgIpc) is 2.39. The highest BCUT2D eigenvalue weighted by Crippen LogP contribution is 2.50. The SMILES string of the molecule is CCO[C@H]1C[C@@H](O)C12CCN(C[C@@H](O)CC)CC2. The molecule has 1 spiro atoms. The summed E-state index contributed by atoms with van der Waals surface area (Å²) in [5.74, 6) is 0. The molecule has 3 atom stereocenters. The molecule has 0 unspecified atom stereocenters. The second kappa shape index (κ2) is 5.87. The monoisotopic (exact) mass is 257 g/mol. The number of nitrogens with zero attached hydrogens (tertiary/aromatic N) is 1. The Labute approximate surface area is 110 Å². The van der Waals surface area contributed by atoms with Crippen LogP contribution in [0.25, 0.3) is 0 Å². The molecule has 0 aromatic heterocycles. The van der Waals surface area contributed by atoms with Crippen molar-refractivity contribution in [3.05, 3.63) is 0 Å². The first-order valence-electron chi connectivity index (χ1n) is 7.32. The fourth-order valence-corrected chi connectivity index (χ4v) is 3.40. The quantitative estimate of drug-likeness (QED) is 0.772. The number of ether oxygens (including phenoxy) is 1. The van der Waals surface area contributed by atoms with Crippen LogP contribution in [-0.2, 0) is 4.74 Å². The van der Waals surface area contributed by atoms with Gasteiger partial charge >= 0.3 is 0 Å². The molecule has 0 bridgehead atoms. The molecule has 0 aromatic rings. The minimum atomic E-state index is -0.215. The third-order valence-electron chi connectivity index (χ3n) is 4.84. The van der Waals surface area contributed by atoms with E-state index in [1.165, 1.54) is 0 Å². The largest absolute Gasteiger partial charge is 0.392 e. The van der Waals surface area contributed by atoms with Gasteiger partial charge in [0.25, 0.3) is 0 Å². The van der Waals surface area contributed by atoms with Gasteiger partial charge in [0, 0.05) is 25.0 Å². The van der Waals surface area contributed by atoms with E-state index in [9.17, 15) is 10.2 Å². The van der Waals surface area contributed by atoms with Crippen LogP contribution in [0.1, 0.15) is 39.5 Å². The Balaban J connectivity index is 1.85. The van der Waals surface area contributed by atoms with Crippen molar-refractivity contribution in [2.24, 2.45) is 5.41 Å². The van der Waals surface area contributed by atoms with E-state index in [1.54, 1.807) is 0 Å². The van der Waals surface area contributed by atoms with Crippen LogP contribution in [0.4, 0.5) is 0 Å². The number of hydrogen-bond donors (Lipinski definition) is 2. The zero-order valence-electron chi connectivity index (χ0n) is 11.6. The summed E-state index contributed by atoms with van der Waals surface area (Å²) in [5.41, 5.74) is 0.00365. The number of hydrogen-bond acceptors (Lipinski definition) is 4. The van der Waals surface area contributed by atoms with Gasteiger partial charge in [-0.25, -0.2) is 0 Å². The predicted octanol–water partition coefficient (Wildman–Crippen LogP) is 1.01. The van der Waals surface area contributed by atoms with E-state index in [4.69, 9.17) is 4.74 Å². The smallest absolute Gasteiger partial charge is 0.0681 e. The first-order chi connectivity index (χ1) is 8.62. The number of piperidine rings is 1. The minimum absolute atomic E-state index is 0.00365. The number of aliphatic hydroxyl groups is 2. The topological polar surface area (TPSA) is 52.9 Å². The molecule has 2 fully saturated rings. The summed E-state index contributed by atoms with van der Waals surface area (Å²) in [5, 5.41) is 19.8. The zero-order chi connectivity index (χ0) is 13.2. The van der Waals surface area contributed by atoms with Gasteiger partial charge in [-0.3, -0.25) is 0 Å². The van der Waals surface area contributed by atoms with Crippen LogP contribution < -0.4 is 0 Å². The van der Waals surface area contributed by atoms with Crippen molar-refractivity contribution in [1.29, 1.82) is 0 Å². The van der Waals surface area contributed by atoms with Gasteiger partial charge in [0.1, 0.15) is 0 Å². The van der Waals surface area contributed by atoms with Crippen molar-refractivity contribution in [3.8, 4) is 0 Å². The predicted molar refractivity (Wildman–Crippen MR) is 70.4 cm³/mol. The maximum absolute atomic E-state index is 10.1. The van der Waals surface area contributed by atoms with Gasteiger partial charge in [-0.15, -0.1) is 0 Å². The van der Waals surface area contributed by atoms with Gasteiger partial charge in [0.2, 0.25) is 0 Å². The molecule has 1 aliphatic heterocycles. The number of likely N-dealkylation sites (tertiary alicyclic amines) is 1. The van der Waals surface area contributed by atoms with E-state index in [-0.39, 0.29) is 23.7 Å². The lowest BCUT2D eigenvalue weighted by molar-refractivity contribution is -0.210. The molecule has 0 aromatic carbocycles. The van der Waals surface area contributed by atoms with Crippen LogP contribution in [0.15, 0.2) is 0 Å². The third kappa shape index (κ3) is 2.57. The van der Waals surface area contributed by atoms with Crippen molar-refractivity contribution in [2.45, 2.75) is 57.8 Å². The van der Waals surface area contributed by atoms with Crippen molar-refractivity contribution >= 4 is 0 Å². The summed E-state index contributed by atoms with van der Waals surface area (Å²) >= 11 is 0. The second-order valence-electron chi connectivity index (χ2n) is 5.79. The highest BCUT2D eigenvalue weighted by atomic mass is 16.5. The molecular weight excluding hydrogens is 230 g/mol. The maximum atomic E-state index is 10.1. The molecule has 0 radical (unpaired) electrons. The Morgan fingerprint density at radius 1 is 1.33 bits per heavy atom. The van der Waals surface area contributed by atoms with Crippen LogP contribution in [0.5, 0.6) is 0 Å². The molecule has 18 heavy (non-hydrogen) atoms. The van der Waals surface area contributed by atoms with Crippen molar-refractivity contribution in [3.63, 3.8) is 0 Å². The molecule has 106 valence electrons. The van der Waals surface area contributed by atoms with Crippen LogP contribution in [0.2, 0.25) is 0 Å². The molecule has 0 amide bonds. The van der Waals surface area contributed by atoms with Crippen LogP contribution in [-0.4, -0.2) is 59.7 Å². The fraction of sp³-hybridized carbons (Fsp3) is 1.00. The second-order valence-corrected chi connectivity index (χ2v) is 5.79. The highest BCUT2D eigenvalue weighted by molar-refractivity contribution is 5.06. The molecule has 1 saturated carbocycles. The summed E-state index contributed by atoms with van der Waals surface area (Å²) in [6, 6.07) is 0. The van der Waals surface area contributed by atoms with Crippen molar-refractivity contribution < 1.29 is 14.9 Å². The minimum Gasteiger partial charge on any atom is -0.392 e. The first-order valence-corrected chi connectivity index (χ1v) is 7.32. The van der Waals surface area contributed by atoms with Gasteiger partial charge < -0.3 is 19.8 Å². The summed E-state index contributed by atoms with van der Waals surface area (Å²) in [7, 11) is 0. The van der Waals surface area contributed by atoms with E-state index >= 15 is 0 Å². The molecule has 2 rings (SSSR count). The Hall–Kier alpha value is -0.160. The number of aliphatic hydroxyl groups excluding tert-OH is 2. The number of β-amino-alcohol motifs (C(OH)–C–C–N with tert-alkyl or cyclic N) is 1. The van der Waals surface area contributed by atoms with Crippen LogP contribution in [0, 0.1) is 5.41 Å². The molecule has 2 aliphatic rings. The third-order valence-corrected chi connectivity index (χ3v) is 4.84. The van der Waals surface area contributed by atoms with E-state index in [1.807, 2.05) is 13.8 Å². The van der Waals surface area contributed by atoms with E-state index < -0.39 is 0 Å².